The lowest BCUT2D eigenvalue weighted by molar-refractivity contribution is -0.138. The Morgan fingerprint density at radius 2 is 2.12 bits per heavy atom. The molecule has 1 heterocycles. The van der Waals surface area contributed by atoms with Crippen LogP contribution in [0, 0.1) is 0 Å². The lowest BCUT2D eigenvalue weighted by Crippen LogP contribution is -2.39. The summed E-state index contributed by atoms with van der Waals surface area (Å²) in [5.41, 5.74) is 6.93. The van der Waals surface area contributed by atoms with Gasteiger partial charge < -0.3 is 10.2 Å². The second-order valence-electron chi connectivity index (χ2n) is 3.18. The lowest BCUT2D eigenvalue weighted by Gasteiger charge is -2.19. The van der Waals surface area contributed by atoms with Crippen molar-refractivity contribution in [3.8, 4) is 0 Å². The Hall–Kier alpha value is -2.01. The van der Waals surface area contributed by atoms with Gasteiger partial charge >= 0.3 is 5.97 Å². The lowest BCUT2D eigenvalue weighted by atomic mass is 10.3. The van der Waals surface area contributed by atoms with Crippen molar-refractivity contribution in [2.75, 3.05) is 11.6 Å². The predicted molar refractivity (Wildman–Crippen MR) is 59.9 cm³/mol. The predicted octanol–water partition coefficient (Wildman–Crippen LogP) is 0.920. The first-order valence-corrected chi connectivity index (χ1v) is 5.06. The molecule has 0 bridgehead atoms. The van der Waals surface area contributed by atoms with E-state index in [0.717, 1.165) is 5.69 Å². The molecule has 1 aromatic carbocycles. The highest BCUT2D eigenvalue weighted by molar-refractivity contribution is 5.92. The van der Waals surface area contributed by atoms with Crippen molar-refractivity contribution in [1.29, 1.82) is 0 Å². The number of anilines is 1. The molecule has 2 N–H and O–H groups in total. The number of nitrogens with one attached hydrogen (secondary N) is 2. The number of carbonyl (C=O) groups is 1. The minimum Gasteiger partial charge on any atom is -0.461 e. The Morgan fingerprint density at radius 1 is 1.38 bits per heavy atom. The largest absolute Gasteiger partial charge is 0.461 e. The van der Waals surface area contributed by atoms with Crippen molar-refractivity contribution in [3.63, 3.8) is 0 Å². The van der Waals surface area contributed by atoms with Gasteiger partial charge in [-0.1, -0.05) is 18.2 Å². The highest BCUT2D eigenvalue weighted by Gasteiger charge is 2.23. The van der Waals surface area contributed by atoms with Crippen LogP contribution in [0.1, 0.15) is 6.92 Å². The first-order valence-electron chi connectivity index (χ1n) is 5.06. The quantitative estimate of drug-likeness (QED) is 0.740. The fraction of sp³-hybridized carbons (Fsp3) is 0.182. The third kappa shape index (κ3) is 1.99. The smallest absolute Gasteiger partial charge is 0.358 e. The molecule has 0 saturated heterocycles. The van der Waals surface area contributed by atoms with Crippen LogP contribution in [0.5, 0.6) is 0 Å². The van der Waals surface area contributed by atoms with Crippen LogP contribution in [0.3, 0.4) is 0 Å². The Kier molecular flexibility index (Phi) is 3.07. The molecule has 16 heavy (non-hydrogen) atoms. The molecule has 1 aromatic rings. The van der Waals surface area contributed by atoms with Gasteiger partial charge in [0.25, 0.3) is 0 Å². The summed E-state index contributed by atoms with van der Waals surface area (Å²) in [6.07, 6.45) is 1.57. The van der Waals surface area contributed by atoms with Gasteiger partial charge in [0, 0.05) is 6.20 Å². The Labute approximate surface area is 93.6 Å². The standard InChI is InChI=1S/C11H13N3O2/c1-2-16-11(15)10-8-12-13-14(10)9-6-4-3-5-7-9/h3-8,12-13H,2H2,1H3. The van der Waals surface area contributed by atoms with Gasteiger partial charge in [0.15, 0.2) is 5.70 Å². The van der Waals surface area contributed by atoms with Gasteiger partial charge in [0.05, 0.1) is 12.3 Å². The molecular weight excluding hydrogens is 206 g/mol. The van der Waals surface area contributed by atoms with Crippen LogP contribution >= 0.6 is 0 Å². The summed E-state index contributed by atoms with van der Waals surface area (Å²) in [7, 11) is 0. The molecule has 5 nitrogen and oxygen atoms in total. The highest BCUT2D eigenvalue weighted by atomic mass is 16.5. The minimum absolute atomic E-state index is 0.358. The molecule has 2 rings (SSSR count). The molecule has 0 amide bonds. The molecule has 0 fully saturated rings. The second kappa shape index (κ2) is 4.67. The Balaban J connectivity index is 2.18. The average Bonchev–Trinajstić information content (AvgIpc) is 2.79. The average molecular weight is 219 g/mol. The van der Waals surface area contributed by atoms with Crippen LogP contribution in [-0.2, 0) is 9.53 Å². The number of ether oxygens (including phenoxy) is 1. The van der Waals surface area contributed by atoms with Crippen molar-refractivity contribution in [2.45, 2.75) is 6.92 Å². The zero-order valence-corrected chi connectivity index (χ0v) is 8.93. The van der Waals surface area contributed by atoms with Crippen LogP contribution in [0.25, 0.3) is 0 Å². The fourth-order valence-electron chi connectivity index (χ4n) is 1.43. The topological polar surface area (TPSA) is 53.6 Å². The van der Waals surface area contributed by atoms with E-state index < -0.39 is 0 Å². The zero-order chi connectivity index (χ0) is 11.4. The van der Waals surface area contributed by atoms with E-state index in [1.807, 2.05) is 30.3 Å². The number of rotatable bonds is 3. The summed E-state index contributed by atoms with van der Waals surface area (Å²) in [5.74, 6) is -0.358. The maximum absolute atomic E-state index is 11.6. The van der Waals surface area contributed by atoms with E-state index in [1.165, 1.54) is 0 Å². The van der Waals surface area contributed by atoms with Crippen molar-refractivity contribution >= 4 is 11.7 Å². The summed E-state index contributed by atoms with van der Waals surface area (Å²) >= 11 is 0. The van der Waals surface area contributed by atoms with E-state index in [9.17, 15) is 4.79 Å². The summed E-state index contributed by atoms with van der Waals surface area (Å²) in [4.78, 5) is 11.6. The highest BCUT2D eigenvalue weighted by Crippen LogP contribution is 2.18. The van der Waals surface area contributed by atoms with E-state index in [-0.39, 0.29) is 5.97 Å². The van der Waals surface area contributed by atoms with Crippen molar-refractivity contribution in [3.05, 3.63) is 42.2 Å². The van der Waals surface area contributed by atoms with E-state index in [4.69, 9.17) is 4.74 Å². The normalized spacial score (nSPS) is 14.3. The van der Waals surface area contributed by atoms with Gasteiger partial charge in [-0.05, 0) is 19.1 Å². The van der Waals surface area contributed by atoms with Crippen molar-refractivity contribution < 1.29 is 9.53 Å². The molecule has 0 saturated carbocycles. The monoisotopic (exact) mass is 219 g/mol. The molecule has 84 valence electrons. The minimum atomic E-state index is -0.358. The molecule has 0 atom stereocenters. The van der Waals surface area contributed by atoms with Gasteiger partial charge in [-0.25, -0.2) is 4.79 Å². The van der Waals surface area contributed by atoms with Crippen LogP contribution in [0.4, 0.5) is 5.69 Å². The van der Waals surface area contributed by atoms with Gasteiger partial charge in [-0.15, -0.1) is 5.53 Å². The third-order valence-electron chi connectivity index (χ3n) is 2.13. The number of benzene rings is 1. The number of esters is 1. The summed E-state index contributed by atoms with van der Waals surface area (Å²) in [6, 6.07) is 9.51. The van der Waals surface area contributed by atoms with Crippen LogP contribution in [0.15, 0.2) is 42.2 Å². The van der Waals surface area contributed by atoms with Gasteiger partial charge in [0.1, 0.15) is 0 Å². The maximum atomic E-state index is 11.6. The molecule has 5 heteroatoms. The molecule has 0 radical (unpaired) electrons. The number of carbonyl (C=O) groups excluding carboxylic acids is 1. The summed E-state index contributed by atoms with van der Waals surface area (Å²) in [5, 5.41) is 1.64. The Morgan fingerprint density at radius 3 is 2.81 bits per heavy atom. The number of nitrogens with zero attached hydrogens (tertiary/aromatic N) is 1. The number of hydrogen-bond acceptors (Lipinski definition) is 5. The SMILES string of the molecule is CCOC(=O)C1=CNNN1c1ccccc1. The first-order chi connectivity index (χ1) is 7.83. The first kappa shape index (κ1) is 10.5. The van der Waals surface area contributed by atoms with Gasteiger partial charge in [-0.3, -0.25) is 5.01 Å². The van der Waals surface area contributed by atoms with Crippen LogP contribution in [-0.4, -0.2) is 12.6 Å². The molecule has 1 aliphatic rings. The van der Waals surface area contributed by atoms with Crippen LogP contribution < -0.4 is 16.0 Å². The molecule has 0 unspecified atom stereocenters. The van der Waals surface area contributed by atoms with E-state index >= 15 is 0 Å². The zero-order valence-electron chi connectivity index (χ0n) is 8.93. The van der Waals surface area contributed by atoms with Crippen molar-refractivity contribution in [1.82, 2.24) is 11.0 Å². The number of hydrogen-bond donors (Lipinski definition) is 2. The van der Waals surface area contributed by atoms with E-state index in [2.05, 4.69) is 11.0 Å². The molecule has 0 spiro atoms. The molecule has 0 aliphatic carbocycles. The second-order valence-corrected chi connectivity index (χ2v) is 3.18. The number of para-hydroxylation sites is 1. The maximum Gasteiger partial charge on any atom is 0.358 e. The van der Waals surface area contributed by atoms with Gasteiger partial charge in [-0.2, -0.15) is 0 Å². The molecule has 1 aliphatic heterocycles. The van der Waals surface area contributed by atoms with Crippen LogP contribution in [0.2, 0.25) is 0 Å². The Bertz CT molecular complexity index is 403. The summed E-state index contributed by atoms with van der Waals surface area (Å²) < 4.78 is 4.95. The van der Waals surface area contributed by atoms with E-state index in [0.29, 0.717) is 12.3 Å². The van der Waals surface area contributed by atoms with Gasteiger partial charge in [0.2, 0.25) is 0 Å². The number of hydrazine groups is 2. The van der Waals surface area contributed by atoms with E-state index in [1.54, 1.807) is 18.1 Å². The summed E-state index contributed by atoms with van der Waals surface area (Å²) in [6.45, 7) is 2.14. The third-order valence-corrected chi connectivity index (χ3v) is 2.13. The molecule has 0 aromatic heterocycles. The fourth-order valence-corrected chi connectivity index (χ4v) is 1.43. The van der Waals surface area contributed by atoms with Crippen molar-refractivity contribution in [2.24, 2.45) is 0 Å². The molecular formula is C11H13N3O2.